The fraction of sp³-hybridized carbons (Fsp3) is 0.294. The van der Waals surface area contributed by atoms with E-state index >= 15 is 0 Å². The number of ether oxygens (including phenoxy) is 2. The van der Waals surface area contributed by atoms with E-state index in [1.807, 2.05) is 37.3 Å². The van der Waals surface area contributed by atoms with Gasteiger partial charge < -0.3 is 15.2 Å². The second kappa shape index (κ2) is 6.33. The van der Waals surface area contributed by atoms with Gasteiger partial charge in [-0.25, -0.2) is 0 Å². The van der Waals surface area contributed by atoms with E-state index in [0.29, 0.717) is 12.3 Å². The van der Waals surface area contributed by atoms with Crippen molar-refractivity contribution >= 4 is 5.69 Å². The van der Waals surface area contributed by atoms with Gasteiger partial charge in [-0.1, -0.05) is 19.1 Å². The van der Waals surface area contributed by atoms with E-state index in [-0.39, 0.29) is 0 Å². The molecule has 0 fully saturated rings. The molecule has 3 heteroatoms. The summed E-state index contributed by atoms with van der Waals surface area (Å²) in [5, 5.41) is 0. The van der Waals surface area contributed by atoms with Crippen LogP contribution in [0, 0.1) is 6.92 Å². The van der Waals surface area contributed by atoms with Gasteiger partial charge in [0.15, 0.2) is 0 Å². The lowest BCUT2D eigenvalue weighted by Crippen LogP contribution is -2.00. The Kier molecular flexibility index (Phi) is 4.51. The van der Waals surface area contributed by atoms with Crippen molar-refractivity contribution in [3.8, 4) is 11.5 Å². The Morgan fingerprint density at radius 2 is 1.70 bits per heavy atom. The normalized spacial score (nSPS) is 10.3. The molecular formula is C17H21NO2. The van der Waals surface area contributed by atoms with Crippen molar-refractivity contribution in [3.05, 3.63) is 53.1 Å². The molecule has 0 aliphatic carbocycles. The van der Waals surface area contributed by atoms with E-state index in [2.05, 4.69) is 13.0 Å². The van der Waals surface area contributed by atoms with Crippen molar-refractivity contribution in [1.82, 2.24) is 0 Å². The Balaban J connectivity index is 2.07. The molecule has 0 amide bonds. The van der Waals surface area contributed by atoms with Gasteiger partial charge in [-0.15, -0.1) is 0 Å². The van der Waals surface area contributed by atoms with Gasteiger partial charge in [0.2, 0.25) is 0 Å². The first-order valence-corrected chi connectivity index (χ1v) is 6.78. The average molecular weight is 271 g/mol. The molecule has 2 aromatic rings. The summed E-state index contributed by atoms with van der Waals surface area (Å²) >= 11 is 0. The summed E-state index contributed by atoms with van der Waals surface area (Å²) in [5.74, 6) is 1.62. The van der Waals surface area contributed by atoms with E-state index in [1.165, 1.54) is 5.56 Å². The van der Waals surface area contributed by atoms with Crippen molar-refractivity contribution in [2.45, 2.75) is 26.9 Å². The maximum Gasteiger partial charge on any atom is 0.142 e. The quantitative estimate of drug-likeness (QED) is 0.843. The molecule has 0 unspecified atom stereocenters. The van der Waals surface area contributed by atoms with Crippen LogP contribution in [0.2, 0.25) is 0 Å². The SMILES string of the molecule is CCc1ccc(OCc2ccc(OC)c(C)c2)c(N)c1. The molecule has 106 valence electrons. The third-order valence-corrected chi connectivity index (χ3v) is 3.34. The smallest absolute Gasteiger partial charge is 0.142 e. The molecule has 0 atom stereocenters. The lowest BCUT2D eigenvalue weighted by atomic mass is 10.1. The number of methoxy groups -OCH3 is 1. The number of anilines is 1. The monoisotopic (exact) mass is 271 g/mol. The van der Waals surface area contributed by atoms with Crippen molar-refractivity contribution < 1.29 is 9.47 Å². The number of benzene rings is 2. The highest BCUT2D eigenvalue weighted by atomic mass is 16.5. The summed E-state index contributed by atoms with van der Waals surface area (Å²) in [7, 11) is 1.68. The maximum atomic E-state index is 5.99. The van der Waals surface area contributed by atoms with Gasteiger partial charge in [0, 0.05) is 0 Å². The van der Waals surface area contributed by atoms with Crippen molar-refractivity contribution in [2.24, 2.45) is 0 Å². The minimum Gasteiger partial charge on any atom is -0.496 e. The molecule has 0 saturated carbocycles. The Morgan fingerprint density at radius 3 is 2.30 bits per heavy atom. The molecule has 2 rings (SSSR count). The van der Waals surface area contributed by atoms with Gasteiger partial charge in [0.25, 0.3) is 0 Å². The van der Waals surface area contributed by atoms with Crippen LogP contribution in [-0.2, 0) is 13.0 Å². The number of nitrogen functional groups attached to an aromatic ring is 1. The fourth-order valence-electron chi connectivity index (χ4n) is 2.14. The van der Waals surface area contributed by atoms with Crippen LogP contribution in [0.1, 0.15) is 23.6 Å². The van der Waals surface area contributed by atoms with Crippen LogP contribution in [-0.4, -0.2) is 7.11 Å². The van der Waals surface area contributed by atoms with Crippen LogP contribution in [0.15, 0.2) is 36.4 Å². The van der Waals surface area contributed by atoms with Crippen LogP contribution >= 0.6 is 0 Å². The highest BCUT2D eigenvalue weighted by Gasteiger charge is 2.04. The number of hydrogen-bond donors (Lipinski definition) is 1. The molecule has 2 N–H and O–H groups in total. The third kappa shape index (κ3) is 3.23. The first-order valence-electron chi connectivity index (χ1n) is 6.78. The molecule has 2 aromatic carbocycles. The number of hydrogen-bond acceptors (Lipinski definition) is 3. The summed E-state index contributed by atoms with van der Waals surface area (Å²) in [4.78, 5) is 0. The van der Waals surface area contributed by atoms with Gasteiger partial charge >= 0.3 is 0 Å². The molecule has 0 heterocycles. The Morgan fingerprint density at radius 1 is 1.00 bits per heavy atom. The highest BCUT2D eigenvalue weighted by Crippen LogP contribution is 2.25. The molecule has 0 aliphatic heterocycles. The largest absolute Gasteiger partial charge is 0.496 e. The lowest BCUT2D eigenvalue weighted by molar-refractivity contribution is 0.307. The van der Waals surface area contributed by atoms with E-state index < -0.39 is 0 Å². The van der Waals surface area contributed by atoms with Gasteiger partial charge in [-0.2, -0.15) is 0 Å². The standard InChI is InChI=1S/C17H21NO2/c1-4-13-5-8-17(15(18)10-13)20-11-14-6-7-16(19-3)12(2)9-14/h5-10H,4,11,18H2,1-3H3. The summed E-state index contributed by atoms with van der Waals surface area (Å²) in [6, 6.07) is 12.0. The predicted molar refractivity (Wildman–Crippen MR) is 82.3 cm³/mol. The second-order valence-electron chi connectivity index (χ2n) is 4.82. The summed E-state index contributed by atoms with van der Waals surface area (Å²) in [6.45, 7) is 4.63. The van der Waals surface area contributed by atoms with E-state index in [9.17, 15) is 0 Å². The zero-order chi connectivity index (χ0) is 14.5. The molecule has 20 heavy (non-hydrogen) atoms. The van der Waals surface area contributed by atoms with Gasteiger partial charge in [0.1, 0.15) is 18.1 Å². The van der Waals surface area contributed by atoms with Crippen LogP contribution in [0.25, 0.3) is 0 Å². The molecule has 3 nitrogen and oxygen atoms in total. The topological polar surface area (TPSA) is 44.5 Å². The molecule has 0 saturated heterocycles. The molecular weight excluding hydrogens is 250 g/mol. The molecule has 0 spiro atoms. The van der Waals surface area contributed by atoms with E-state index in [1.54, 1.807) is 7.11 Å². The zero-order valence-corrected chi connectivity index (χ0v) is 12.3. The number of rotatable bonds is 5. The first-order chi connectivity index (χ1) is 9.63. The second-order valence-corrected chi connectivity index (χ2v) is 4.82. The van der Waals surface area contributed by atoms with Crippen molar-refractivity contribution in [3.63, 3.8) is 0 Å². The summed E-state index contributed by atoms with van der Waals surface area (Å²) < 4.78 is 11.0. The predicted octanol–water partition coefficient (Wildman–Crippen LogP) is 3.73. The molecule has 0 radical (unpaired) electrons. The Labute approximate surface area is 120 Å². The Bertz CT molecular complexity index is 594. The lowest BCUT2D eigenvalue weighted by Gasteiger charge is -2.11. The van der Waals surface area contributed by atoms with Crippen LogP contribution in [0.3, 0.4) is 0 Å². The van der Waals surface area contributed by atoms with Gasteiger partial charge in [-0.3, -0.25) is 0 Å². The molecule has 0 bridgehead atoms. The summed E-state index contributed by atoms with van der Waals surface area (Å²) in [6.07, 6.45) is 0.974. The fourth-order valence-corrected chi connectivity index (χ4v) is 2.14. The Hall–Kier alpha value is -2.16. The zero-order valence-electron chi connectivity index (χ0n) is 12.3. The van der Waals surface area contributed by atoms with E-state index in [4.69, 9.17) is 15.2 Å². The summed E-state index contributed by atoms with van der Waals surface area (Å²) in [5.41, 5.74) is 10.1. The average Bonchev–Trinajstić information content (AvgIpc) is 2.46. The molecule has 0 aliphatic rings. The minimum absolute atomic E-state index is 0.501. The van der Waals surface area contributed by atoms with Gasteiger partial charge in [-0.05, 0) is 54.3 Å². The minimum atomic E-state index is 0.501. The van der Waals surface area contributed by atoms with Crippen molar-refractivity contribution in [1.29, 1.82) is 0 Å². The number of aryl methyl sites for hydroxylation is 2. The maximum absolute atomic E-state index is 5.99. The molecule has 0 aromatic heterocycles. The van der Waals surface area contributed by atoms with Gasteiger partial charge in [0.05, 0.1) is 12.8 Å². The number of nitrogens with two attached hydrogens (primary N) is 1. The first kappa shape index (κ1) is 14.3. The third-order valence-electron chi connectivity index (χ3n) is 3.34. The van der Waals surface area contributed by atoms with E-state index in [0.717, 1.165) is 29.0 Å². The van der Waals surface area contributed by atoms with Crippen LogP contribution < -0.4 is 15.2 Å². The van der Waals surface area contributed by atoms with Crippen LogP contribution in [0.4, 0.5) is 5.69 Å². The highest BCUT2D eigenvalue weighted by molar-refractivity contribution is 5.54. The van der Waals surface area contributed by atoms with Crippen molar-refractivity contribution in [2.75, 3.05) is 12.8 Å². The van der Waals surface area contributed by atoms with Crippen LogP contribution in [0.5, 0.6) is 11.5 Å².